The smallest absolute Gasteiger partial charge is 0.240 e. The van der Waals surface area contributed by atoms with Gasteiger partial charge >= 0.3 is 0 Å². The summed E-state index contributed by atoms with van der Waals surface area (Å²) in [4.78, 5) is 17.7. The molecule has 0 aliphatic carbocycles. The maximum absolute atomic E-state index is 11.4. The predicted molar refractivity (Wildman–Crippen MR) is 69.2 cm³/mol. The molecule has 3 N–H and O–H groups in total. The number of nitrogens with zero attached hydrogens (tertiary/aromatic N) is 3. The summed E-state index contributed by atoms with van der Waals surface area (Å²) in [7, 11) is 0. The minimum absolute atomic E-state index is 0.306. The van der Waals surface area contributed by atoms with Crippen molar-refractivity contribution in [2.24, 2.45) is 5.73 Å². The zero-order valence-corrected chi connectivity index (χ0v) is 11.3. The molecule has 7 nitrogen and oxygen atoms in total. The van der Waals surface area contributed by atoms with E-state index in [0.717, 1.165) is 38.2 Å². The Hall–Kier alpha value is -1.47. The van der Waals surface area contributed by atoms with E-state index in [4.69, 9.17) is 10.3 Å². The molecule has 1 aliphatic heterocycles. The Bertz CT molecular complexity index is 420. The van der Waals surface area contributed by atoms with Gasteiger partial charge in [0.15, 0.2) is 5.82 Å². The lowest BCUT2D eigenvalue weighted by atomic mass is 10.2. The van der Waals surface area contributed by atoms with Gasteiger partial charge in [0.2, 0.25) is 11.8 Å². The molecular weight excluding hydrogens is 246 g/mol. The highest BCUT2D eigenvalue weighted by molar-refractivity contribution is 5.80. The Labute approximate surface area is 112 Å². The van der Waals surface area contributed by atoms with Crippen LogP contribution in [0.5, 0.6) is 0 Å². The van der Waals surface area contributed by atoms with Gasteiger partial charge in [-0.1, -0.05) is 18.5 Å². The molecule has 0 spiro atoms. The van der Waals surface area contributed by atoms with E-state index >= 15 is 0 Å². The first-order chi connectivity index (χ1) is 9.20. The van der Waals surface area contributed by atoms with Crippen molar-refractivity contribution >= 4 is 5.91 Å². The SMILES string of the molecule is CCCCc1noc(CN2CCNCC2C(N)=O)n1. The Morgan fingerprint density at radius 2 is 2.47 bits per heavy atom. The molecule has 0 aromatic carbocycles. The van der Waals surface area contributed by atoms with E-state index < -0.39 is 0 Å². The molecule has 1 amide bonds. The summed E-state index contributed by atoms with van der Waals surface area (Å²) in [6.45, 7) is 4.76. The maximum Gasteiger partial charge on any atom is 0.240 e. The summed E-state index contributed by atoms with van der Waals surface area (Å²) < 4.78 is 5.22. The van der Waals surface area contributed by atoms with Gasteiger partial charge in [0.1, 0.15) is 6.04 Å². The first-order valence-corrected chi connectivity index (χ1v) is 6.76. The number of carbonyl (C=O) groups is 1. The van der Waals surface area contributed by atoms with Crippen LogP contribution in [0.3, 0.4) is 0 Å². The van der Waals surface area contributed by atoms with Gasteiger partial charge in [0.05, 0.1) is 6.54 Å². The third-order valence-corrected chi connectivity index (χ3v) is 3.29. The number of nitrogens with one attached hydrogen (secondary N) is 1. The summed E-state index contributed by atoms with van der Waals surface area (Å²) in [6.07, 6.45) is 2.99. The van der Waals surface area contributed by atoms with Crippen LogP contribution >= 0.6 is 0 Å². The highest BCUT2D eigenvalue weighted by Crippen LogP contribution is 2.10. The molecule has 2 rings (SSSR count). The Balaban J connectivity index is 1.94. The number of primary amides is 1. The van der Waals surface area contributed by atoms with Gasteiger partial charge in [0, 0.05) is 26.1 Å². The predicted octanol–water partition coefficient (Wildman–Crippen LogP) is -0.329. The van der Waals surface area contributed by atoms with Gasteiger partial charge in [-0.25, -0.2) is 0 Å². The van der Waals surface area contributed by atoms with Crippen LogP contribution in [0.4, 0.5) is 0 Å². The van der Waals surface area contributed by atoms with Crippen molar-refractivity contribution in [1.29, 1.82) is 0 Å². The van der Waals surface area contributed by atoms with Crippen LogP contribution in [0.2, 0.25) is 0 Å². The molecule has 1 atom stereocenters. The van der Waals surface area contributed by atoms with Crippen LogP contribution in [-0.2, 0) is 17.8 Å². The van der Waals surface area contributed by atoms with E-state index in [2.05, 4.69) is 22.4 Å². The van der Waals surface area contributed by atoms with E-state index in [1.807, 2.05) is 4.90 Å². The van der Waals surface area contributed by atoms with Crippen molar-refractivity contribution in [2.75, 3.05) is 19.6 Å². The summed E-state index contributed by atoms with van der Waals surface area (Å²) in [5, 5.41) is 7.10. The second-order valence-corrected chi connectivity index (χ2v) is 4.80. The van der Waals surface area contributed by atoms with Gasteiger partial charge in [0.25, 0.3) is 0 Å². The molecule has 0 bridgehead atoms. The third kappa shape index (κ3) is 3.74. The number of piperazine rings is 1. The lowest BCUT2D eigenvalue weighted by Gasteiger charge is -2.32. The normalized spacial score (nSPS) is 20.6. The number of nitrogens with two attached hydrogens (primary N) is 1. The fourth-order valence-electron chi connectivity index (χ4n) is 2.18. The van der Waals surface area contributed by atoms with Crippen LogP contribution < -0.4 is 11.1 Å². The summed E-state index contributed by atoms with van der Waals surface area (Å²) in [6, 6.07) is -0.306. The third-order valence-electron chi connectivity index (χ3n) is 3.29. The van der Waals surface area contributed by atoms with Crippen LogP contribution in [0.15, 0.2) is 4.52 Å². The Morgan fingerprint density at radius 3 is 3.21 bits per heavy atom. The molecule has 19 heavy (non-hydrogen) atoms. The maximum atomic E-state index is 11.4. The molecule has 1 unspecified atom stereocenters. The van der Waals surface area contributed by atoms with Gasteiger partial charge in [-0.15, -0.1) is 0 Å². The van der Waals surface area contributed by atoms with Gasteiger partial charge in [-0.2, -0.15) is 4.98 Å². The first kappa shape index (κ1) is 14.0. The number of aromatic nitrogens is 2. The summed E-state index contributed by atoms with van der Waals surface area (Å²) in [5.41, 5.74) is 5.39. The van der Waals surface area contributed by atoms with E-state index in [0.29, 0.717) is 19.0 Å². The number of rotatable bonds is 6. The first-order valence-electron chi connectivity index (χ1n) is 6.76. The number of carbonyl (C=O) groups excluding carboxylic acids is 1. The number of unbranched alkanes of at least 4 members (excludes halogenated alkanes) is 1. The summed E-state index contributed by atoms with van der Waals surface area (Å²) >= 11 is 0. The number of hydrogen-bond acceptors (Lipinski definition) is 6. The van der Waals surface area contributed by atoms with Crippen molar-refractivity contribution in [3.63, 3.8) is 0 Å². The minimum Gasteiger partial charge on any atom is -0.368 e. The standard InChI is InChI=1S/C12H21N5O2/c1-2-3-4-10-15-11(19-16-10)8-17-6-5-14-7-9(17)12(13)18/h9,14H,2-8H2,1H3,(H2,13,18). The summed E-state index contributed by atoms with van der Waals surface area (Å²) in [5.74, 6) is 0.972. The van der Waals surface area contributed by atoms with Gasteiger partial charge in [-0.3, -0.25) is 9.69 Å². The van der Waals surface area contributed by atoms with Gasteiger partial charge in [-0.05, 0) is 6.42 Å². The molecule has 1 saturated heterocycles. The average Bonchev–Trinajstić information content (AvgIpc) is 2.84. The van der Waals surface area contributed by atoms with Crippen molar-refractivity contribution in [3.05, 3.63) is 11.7 Å². The van der Waals surface area contributed by atoms with E-state index in [1.54, 1.807) is 0 Å². The molecule has 1 aliphatic rings. The number of hydrogen-bond donors (Lipinski definition) is 2. The van der Waals surface area contributed by atoms with Crippen molar-refractivity contribution in [2.45, 2.75) is 38.8 Å². The second-order valence-electron chi connectivity index (χ2n) is 4.80. The lowest BCUT2D eigenvalue weighted by Crippen LogP contribution is -2.56. The highest BCUT2D eigenvalue weighted by Gasteiger charge is 2.28. The molecule has 7 heteroatoms. The van der Waals surface area contributed by atoms with Crippen LogP contribution in [-0.4, -0.2) is 46.6 Å². The van der Waals surface area contributed by atoms with E-state index in [1.165, 1.54) is 0 Å². The molecule has 2 heterocycles. The molecule has 1 aromatic rings. The molecule has 1 aromatic heterocycles. The quantitative estimate of drug-likeness (QED) is 0.732. The number of amides is 1. The monoisotopic (exact) mass is 267 g/mol. The molecular formula is C12H21N5O2. The average molecular weight is 267 g/mol. The van der Waals surface area contributed by atoms with Crippen LogP contribution in [0.1, 0.15) is 31.5 Å². The highest BCUT2D eigenvalue weighted by atomic mass is 16.5. The molecule has 0 saturated carbocycles. The molecule has 1 fully saturated rings. The zero-order chi connectivity index (χ0) is 13.7. The molecule has 106 valence electrons. The molecule has 0 radical (unpaired) electrons. The van der Waals surface area contributed by atoms with Crippen molar-refractivity contribution < 1.29 is 9.32 Å². The minimum atomic E-state index is -0.321. The van der Waals surface area contributed by atoms with Crippen LogP contribution in [0.25, 0.3) is 0 Å². The zero-order valence-electron chi connectivity index (χ0n) is 11.3. The van der Waals surface area contributed by atoms with Crippen molar-refractivity contribution in [1.82, 2.24) is 20.4 Å². The lowest BCUT2D eigenvalue weighted by molar-refractivity contribution is -0.124. The van der Waals surface area contributed by atoms with Crippen molar-refractivity contribution in [3.8, 4) is 0 Å². The topological polar surface area (TPSA) is 97.3 Å². The number of aryl methyl sites for hydroxylation is 1. The fraction of sp³-hybridized carbons (Fsp3) is 0.750. The Morgan fingerprint density at radius 1 is 1.63 bits per heavy atom. The van der Waals surface area contributed by atoms with Crippen LogP contribution in [0, 0.1) is 0 Å². The Kier molecular flexibility index (Phi) is 4.86. The largest absolute Gasteiger partial charge is 0.368 e. The van der Waals surface area contributed by atoms with E-state index in [-0.39, 0.29) is 11.9 Å². The second kappa shape index (κ2) is 6.63. The van der Waals surface area contributed by atoms with Gasteiger partial charge < -0.3 is 15.6 Å². The fourth-order valence-corrected chi connectivity index (χ4v) is 2.18. The van der Waals surface area contributed by atoms with E-state index in [9.17, 15) is 4.79 Å².